The molecule has 0 aliphatic carbocycles. The largest absolute Gasteiger partial charge is 0.375 e. The number of hydrogen-bond donors (Lipinski definition) is 2. The van der Waals surface area contributed by atoms with E-state index in [-0.39, 0.29) is 17.2 Å². The lowest BCUT2D eigenvalue weighted by Crippen LogP contribution is -2.24. The molecule has 6 heteroatoms. The molecular formula is C17H19N3O3. The lowest BCUT2D eigenvalue weighted by atomic mass is 10.1. The second-order valence-electron chi connectivity index (χ2n) is 5.08. The van der Waals surface area contributed by atoms with Gasteiger partial charge in [-0.1, -0.05) is 37.3 Å². The van der Waals surface area contributed by atoms with E-state index in [4.69, 9.17) is 0 Å². The van der Waals surface area contributed by atoms with Crippen LogP contribution >= 0.6 is 0 Å². The number of nitro groups is 1. The van der Waals surface area contributed by atoms with Crippen LogP contribution in [0.15, 0.2) is 48.5 Å². The molecule has 23 heavy (non-hydrogen) atoms. The highest BCUT2D eigenvalue weighted by Crippen LogP contribution is 2.26. The van der Waals surface area contributed by atoms with Gasteiger partial charge < -0.3 is 10.6 Å². The van der Waals surface area contributed by atoms with E-state index >= 15 is 0 Å². The van der Waals surface area contributed by atoms with Gasteiger partial charge in [-0.2, -0.15) is 0 Å². The first kappa shape index (κ1) is 16.5. The van der Waals surface area contributed by atoms with E-state index in [0.29, 0.717) is 18.8 Å². The molecule has 2 rings (SSSR count). The maximum atomic E-state index is 11.9. The zero-order valence-electron chi connectivity index (χ0n) is 12.9. The van der Waals surface area contributed by atoms with Crippen molar-refractivity contribution in [2.24, 2.45) is 0 Å². The van der Waals surface area contributed by atoms with Crippen molar-refractivity contribution in [2.75, 3.05) is 11.9 Å². The summed E-state index contributed by atoms with van der Waals surface area (Å²) in [5.41, 5.74) is 1.60. The molecule has 2 aromatic rings. The van der Waals surface area contributed by atoms with Crippen molar-refractivity contribution >= 4 is 17.3 Å². The van der Waals surface area contributed by atoms with E-state index in [0.717, 1.165) is 12.0 Å². The van der Waals surface area contributed by atoms with Crippen LogP contribution in [0, 0.1) is 10.1 Å². The Morgan fingerprint density at radius 3 is 2.57 bits per heavy atom. The van der Waals surface area contributed by atoms with Gasteiger partial charge in [0.2, 0.25) is 0 Å². The first-order valence-corrected chi connectivity index (χ1v) is 7.46. The van der Waals surface area contributed by atoms with Gasteiger partial charge in [-0.05, 0) is 24.1 Å². The summed E-state index contributed by atoms with van der Waals surface area (Å²) in [6, 6.07) is 14.1. The van der Waals surface area contributed by atoms with Crippen LogP contribution in [0.25, 0.3) is 0 Å². The highest BCUT2D eigenvalue weighted by molar-refractivity contribution is 5.95. The third-order valence-electron chi connectivity index (χ3n) is 3.32. The molecule has 0 heterocycles. The Morgan fingerprint density at radius 1 is 1.17 bits per heavy atom. The minimum Gasteiger partial charge on any atom is -0.375 e. The van der Waals surface area contributed by atoms with E-state index in [1.54, 1.807) is 12.1 Å². The predicted molar refractivity (Wildman–Crippen MR) is 89.5 cm³/mol. The minimum absolute atomic E-state index is 0.106. The number of nitrogens with zero attached hydrogens (tertiary/aromatic N) is 1. The Hall–Kier alpha value is -2.89. The van der Waals surface area contributed by atoms with Gasteiger partial charge in [-0.25, -0.2) is 0 Å². The minimum atomic E-state index is -0.482. The molecule has 0 spiro atoms. The molecule has 0 saturated carbocycles. The monoisotopic (exact) mass is 313 g/mol. The smallest absolute Gasteiger partial charge is 0.293 e. The normalized spacial score (nSPS) is 10.1. The first-order chi connectivity index (χ1) is 11.1. The van der Waals surface area contributed by atoms with Crippen molar-refractivity contribution in [3.63, 3.8) is 0 Å². The number of anilines is 1. The quantitative estimate of drug-likeness (QED) is 0.606. The summed E-state index contributed by atoms with van der Waals surface area (Å²) in [5, 5.41) is 17.0. The molecule has 0 unspecified atom stereocenters. The second-order valence-corrected chi connectivity index (χ2v) is 5.08. The number of hydrogen-bond acceptors (Lipinski definition) is 4. The Kier molecular flexibility index (Phi) is 5.68. The van der Waals surface area contributed by atoms with Crippen LogP contribution in [0.3, 0.4) is 0 Å². The van der Waals surface area contributed by atoms with Gasteiger partial charge in [0.15, 0.2) is 0 Å². The number of amides is 1. The standard InChI is InChI=1S/C17H19N3O3/c1-2-10-18-17(21)14-8-9-15(16(11-14)20(22)23)19-12-13-6-4-3-5-7-13/h3-9,11,19H,2,10,12H2,1H3,(H,18,21). The van der Waals surface area contributed by atoms with Crippen molar-refractivity contribution in [3.05, 3.63) is 69.8 Å². The molecule has 120 valence electrons. The van der Waals surface area contributed by atoms with Crippen molar-refractivity contribution in [1.82, 2.24) is 5.32 Å². The van der Waals surface area contributed by atoms with Crippen LogP contribution < -0.4 is 10.6 Å². The molecule has 2 aromatic carbocycles. The van der Waals surface area contributed by atoms with Crippen LogP contribution in [-0.2, 0) is 6.54 Å². The van der Waals surface area contributed by atoms with E-state index in [2.05, 4.69) is 10.6 Å². The molecule has 0 radical (unpaired) electrons. The summed E-state index contributed by atoms with van der Waals surface area (Å²) in [5.74, 6) is -0.301. The van der Waals surface area contributed by atoms with Crippen molar-refractivity contribution in [1.29, 1.82) is 0 Å². The molecule has 0 aliphatic rings. The highest BCUT2D eigenvalue weighted by atomic mass is 16.6. The van der Waals surface area contributed by atoms with Gasteiger partial charge in [0, 0.05) is 24.7 Å². The summed E-state index contributed by atoms with van der Waals surface area (Å²) in [7, 11) is 0. The molecule has 6 nitrogen and oxygen atoms in total. The fourth-order valence-electron chi connectivity index (χ4n) is 2.11. The first-order valence-electron chi connectivity index (χ1n) is 7.46. The van der Waals surface area contributed by atoms with Crippen molar-refractivity contribution in [2.45, 2.75) is 19.9 Å². The fourth-order valence-corrected chi connectivity index (χ4v) is 2.11. The van der Waals surface area contributed by atoms with Gasteiger partial charge in [0.1, 0.15) is 5.69 Å². The predicted octanol–water partition coefficient (Wildman–Crippen LogP) is 3.35. The van der Waals surface area contributed by atoms with E-state index in [1.165, 1.54) is 6.07 Å². The van der Waals surface area contributed by atoms with Gasteiger partial charge in [-0.15, -0.1) is 0 Å². The van der Waals surface area contributed by atoms with Crippen LogP contribution in [-0.4, -0.2) is 17.4 Å². The number of nitrogens with one attached hydrogen (secondary N) is 2. The molecule has 0 aliphatic heterocycles. The SMILES string of the molecule is CCCNC(=O)c1ccc(NCc2ccccc2)c([N+](=O)[O-])c1. The third-order valence-corrected chi connectivity index (χ3v) is 3.32. The van der Waals surface area contributed by atoms with Gasteiger partial charge in [0.05, 0.1) is 4.92 Å². The average Bonchev–Trinajstić information content (AvgIpc) is 2.58. The number of carbonyl (C=O) groups excluding carboxylic acids is 1. The molecule has 0 bridgehead atoms. The average molecular weight is 313 g/mol. The Labute approximate surface area is 134 Å². The number of nitro benzene ring substituents is 1. The number of benzene rings is 2. The highest BCUT2D eigenvalue weighted by Gasteiger charge is 2.17. The zero-order chi connectivity index (χ0) is 16.7. The van der Waals surface area contributed by atoms with Gasteiger partial charge >= 0.3 is 0 Å². The third kappa shape index (κ3) is 4.54. The second kappa shape index (κ2) is 7.93. The van der Waals surface area contributed by atoms with E-state index < -0.39 is 4.92 Å². The maximum absolute atomic E-state index is 11.9. The fraction of sp³-hybridized carbons (Fsp3) is 0.235. The van der Waals surface area contributed by atoms with Crippen LogP contribution in [0.4, 0.5) is 11.4 Å². The van der Waals surface area contributed by atoms with Crippen LogP contribution in [0.1, 0.15) is 29.3 Å². The molecule has 0 saturated heterocycles. The van der Waals surface area contributed by atoms with E-state index in [1.807, 2.05) is 37.3 Å². The maximum Gasteiger partial charge on any atom is 0.293 e. The number of carbonyl (C=O) groups is 1. The Bertz CT molecular complexity index is 687. The lowest BCUT2D eigenvalue weighted by molar-refractivity contribution is -0.384. The molecule has 0 atom stereocenters. The van der Waals surface area contributed by atoms with Crippen LogP contribution in [0.5, 0.6) is 0 Å². The Balaban J connectivity index is 2.16. The van der Waals surface area contributed by atoms with Crippen molar-refractivity contribution < 1.29 is 9.72 Å². The lowest BCUT2D eigenvalue weighted by Gasteiger charge is -2.09. The van der Waals surface area contributed by atoms with Gasteiger partial charge in [0.25, 0.3) is 11.6 Å². The number of rotatable bonds is 7. The van der Waals surface area contributed by atoms with E-state index in [9.17, 15) is 14.9 Å². The summed E-state index contributed by atoms with van der Waals surface area (Å²) in [6.07, 6.45) is 0.810. The summed E-state index contributed by atoms with van der Waals surface area (Å²) in [4.78, 5) is 22.7. The topological polar surface area (TPSA) is 84.3 Å². The molecule has 1 amide bonds. The summed E-state index contributed by atoms with van der Waals surface area (Å²) >= 11 is 0. The molecule has 0 aromatic heterocycles. The molecular weight excluding hydrogens is 294 g/mol. The Morgan fingerprint density at radius 2 is 1.91 bits per heavy atom. The van der Waals surface area contributed by atoms with Gasteiger partial charge in [-0.3, -0.25) is 14.9 Å². The zero-order valence-corrected chi connectivity index (χ0v) is 12.9. The molecule has 0 fully saturated rings. The summed E-state index contributed by atoms with van der Waals surface area (Å²) < 4.78 is 0. The summed E-state index contributed by atoms with van der Waals surface area (Å²) in [6.45, 7) is 2.96. The van der Waals surface area contributed by atoms with Crippen LogP contribution in [0.2, 0.25) is 0 Å². The van der Waals surface area contributed by atoms with Crippen molar-refractivity contribution in [3.8, 4) is 0 Å². The molecule has 2 N–H and O–H groups in total.